The zero-order chi connectivity index (χ0) is 11.4. The summed E-state index contributed by atoms with van der Waals surface area (Å²) in [5.74, 6) is 0. The Bertz CT molecular complexity index is 508. The number of rotatable bonds is 3. The molecule has 0 atom stereocenters. The van der Waals surface area contributed by atoms with E-state index in [0.717, 1.165) is 11.3 Å². The van der Waals surface area contributed by atoms with Gasteiger partial charge in [0.25, 0.3) is 0 Å². The molecule has 0 unspecified atom stereocenters. The highest BCUT2D eigenvalue weighted by Gasteiger charge is 2.00. The standard InChI is InChI=1S/C12H12N4/c13-6-9-1-2-12(11(14)5-9)16-8-10-3-4-15-7-10/h1-5,7,15-16H,8,14H2. The van der Waals surface area contributed by atoms with Crippen LogP contribution in [0.4, 0.5) is 11.4 Å². The number of nitrogens with two attached hydrogens (primary N) is 1. The minimum Gasteiger partial charge on any atom is -0.397 e. The summed E-state index contributed by atoms with van der Waals surface area (Å²) >= 11 is 0. The van der Waals surface area contributed by atoms with Gasteiger partial charge in [0.05, 0.1) is 23.0 Å². The van der Waals surface area contributed by atoms with Crippen LogP contribution in [0, 0.1) is 11.3 Å². The van der Waals surface area contributed by atoms with Gasteiger partial charge in [-0.15, -0.1) is 0 Å². The number of nitrogens with one attached hydrogen (secondary N) is 2. The molecular formula is C12H12N4. The number of benzene rings is 1. The number of hydrogen-bond donors (Lipinski definition) is 3. The lowest BCUT2D eigenvalue weighted by Crippen LogP contribution is -2.01. The van der Waals surface area contributed by atoms with Crippen molar-refractivity contribution in [2.24, 2.45) is 0 Å². The maximum absolute atomic E-state index is 8.70. The fourth-order valence-electron chi connectivity index (χ4n) is 1.46. The van der Waals surface area contributed by atoms with E-state index in [0.29, 0.717) is 17.8 Å². The first-order valence-corrected chi connectivity index (χ1v) is 4.95. The van der Waals surface area contributed by atoms with Crippen molar-refractivity contribution in [3.8, 4) is 6.07 Å². The minimum atomic E-state index is 0.574. The monoisotopic (exact) mass is 212 g/mol. The number of anilines is 2. The van der Waals surface area contributed by atoms with Crippen molar-refractivity contribution in [3.05, 3.63) is 47.8 Å². The molecule has 2 aromatic rings. The Labute approximate surface area is 93.7 Å². The van der Waals surface area contributed by atoms with Crippen LogP contribution in [-0.4, -0.2) is 4.98 Å². The fraction of sp³-hybridized carbons (Fsp3) is 0.0833. The summed E-state index contributed by atoms with van der Waals surface area (Å²) in [6.07, 6.45) is 3.80. The Hall–Kier alpha value is -2.41. The SMILES string of the molecule is N#Cc1ccc(NCc2cc[nH]c2)c(N)c1. The number of aromatic amines is 1. The molecule has 16 heavy (non-hydrogen) atoms. The average molecular weight is 212 g/mol. The van der Waals surface area contributed by atoms with Gasteiger partial charge in [-0.1, -0.05) is 0 Å². The van der Waals surface area contributed by atoms with Crippen LogP contribution in [0.3, 0.4) is 0 Å². The lowest BCUT2D eigenvalue weighted by atomic mass is 10.2. The van der Waals surface area contributed by atoms with Gasteiger partial charge in [0.1, 0.15) is 0 Å². The van der Waals surface area contributed by atoms with Crippen LogP contribution >= 0.6 is 0 Å². The van der Waals surface area contributed by atoms with Gasteiger partial charge >= 0.3 is 0 Å². The Balaban J connectivity index is 2.08. The van der Waals surface area contributed by atoms with Gasteiger partial charge in [-0.25, -0.2) is 0 Å². The van der Waals surface area contributed by atoms with E-state index in [1.807, 2.05) is 24.5 Å². The second-order valence-corrected chi connectivity index (χ2v) is 3.49. The Kier molecular flexibility index (Phi) is 2.79. The molecule has 0 aliphatic rings. The lowest BCUT2D eigenvalue weighted by molar-refractivity contribution is 1.15. The molecule has 80 valence electrons. The van der Waals surface area contributed by atoms with Crippen molar-refractivity contribution in [1.82, 2.24) is 4.98 Å². The molecule has 4 nitrogen and oxygen atoms in total. The molecule has 4 heteroatoms. The van der Waals surface area contributed by atoms with Gasteiger partial charge in [0.15, 0.2) is 0 Å². The molecule has 1 heterocycles. The molecule has 0 spiro atoms. The van der Waals surface area contributed by atoms with Gasteiger partial charge in [-0.3, -0.25) is 0 Å². The molecule has 4 N–H and O–H groups in total. The van der Waals surface area contributed by atoms with Gasteiger partial charge in [-0.2, -0.15) is 5.26 Å². The summed E-state index contributed by atoms with van der Waals surface area (Å²) in [6.45, 7) is 0.708. The quantitative estimate of drug-likeness (QED) is 0.681. The molecule has 0 bridgehead atoms. The van der Waals surface area contributed by atoms with E-state index in [-0.39, 0.29) is 0 Å². The number of aromatic nitrogens is 1. The van der Waals surface area contributed by atoms with Gasteiger partial charge in [-0.05, 0) is 29.8 Å². The first-order chi connectivity index (χ1) is 7.79. The van der Waals surface area contributed by atoms with Gasteiger partial charge in [0.2, 0.25) is 0 Å². The van der Waals surface area contributed by atoms with Crippen molar-refractivity contribution in [2.75, 3.05) is 11.1 Å². The summed E-state index contributed by atoms with van der Waals surface area (Å²) in [5, 5.41) is 11.9. The third kappa shape index (κ3) is 2.15. The molecule has 0 fully saturated rings. The lowest BCUT2D eigenvalue weighted by Gasteiger charge is -2.08. The Morgan fingerprint density at radius 1 is 1.38 bits per heavy atom. The highest BCUT2D eigenvalue weighted by molar-refractivity contribution is 5.68. The fourth-order valence-corrected chi connectivity index (χ4v) is 1.46. The van der Waals surface area contributed by atoms with E-state index in [2.05, 4.69) is 16.4 Å². The number of nitrogens with zero attached hydrogens (tertiary/aromatic N) is 1. The van der Waals surface area contributed by atoms with Crippen LogP contribution in [-0.2, 0) is 6.54 Å². The van der Waals surface area contributed by atoms with Gasteiger partial charge < -0.3 is 16.0 Å². The predicted molar refractivity (Wildman–Crippen MR) is 63.7 cm³/mol. The van der Waals surface area contributed by atoms with Gasteiger partial charge in [0, 0.05) is 18.9 Å². The molecular weight excluding hydrogens is 200 g/mol. The van der Waals surface area contributed by atoms with E-state index in [1.54, 1.807) is 12.1 Å². The summed E-state index contributed by atoms with van der Waals surface area (Å²) in [5.41, 5.74) is 8.98. The molecule has 0 saturated heterocycles. The Morgan fingerprint density at radius 3 is 2.88 bits per heavy atom. The third-order valence-electron chi connectivity index (χ3n) is 2.33. The maximum atomic E-state index is 8.70. The minimum absolute atomic E-state index is 0.574. The number of hydrogen-bond acceptors (Lipinski definition) is 3. The zero-order valence-corrected chi connectivity index (χ0v) is 8.70. The van der Waals surface area contributed by atoms with E-state index in [9.17, 15) is 0 Å². The molecule has 2 rings (SSSR count). The molecule has 1 aromatic carbocycles. The topological polar surface area (TPSA) is 77.6 Å². The first kappa shape index (κ1) is 10.1. The van der Waals surface area contributed by atoms with Crippen LogP contribution < -0.4 is 11.1 Å². The highest BCUT2D eigenvalue weighted by atomic mass is 14.9. The molecule has 0 amide bonds. The summed E-state index contributed by atoms with van der Waals surface area (Å²) in [4.78, 5) is 2.98. The largest absolute Gasteiger partial charge is 0.397 e. The zero-order valence-electron chi connectivity index (χ0n) is 8.70. The summed E-state index contributed by atoms with van der Waals surface area (Å²) < 4.78 is 0. The molecule has 0 radical (unpaired) electrons. The summed E-state index contributed by atoms with van der Waals surface area (Å²) in [7, 11) is 0. The predicted octanol–water partition coefficient (Wildman–Crippen LogP) is 2.08. The molecule has 1 aromatic heterocycles. The van der Waals surface area contributed by atoms with E-state index in [4.69, 9.17) is 11.0 Å². The van der Waals surface area contributed by atoms with Crippen LogP contribution in [0.5, 0.6) is 0 Å². The summed E-state index contributed by atoms with van der Waals surface area (Å²) in [6, 6.07) is 9.28. The van der Waals surface area contributed by atoms with E-state index >= 15 is 0 Å². The average Bonchev–Trinajstić information content (AvgIpc) is 2.80. The first-order valence-electron chi connectivity index (χ1n) is 4.95. The smallest absolute Gasteiger partial charge is 0.0992 e. The van der Waals surface area contributed by atoms with E-state index in [1.165, 1.54) is 0 Å². The molecule has 0 aliphatic heterocycles. The van der Waals surface area contributed by atoms with Crippen LogP contribution in [0.25, 0.3) is 0 Å². The highest BCUT2D eigenvalue weighted by Crippen LogP contribution is 2.20. The van der Waals surface area contributed by atoms with Crippen molar-refractivity contribution in [2.45, 2.75) is 6.54 Å². The second kappa shape index (κ2) is 4.41. The third-order valence-corrected chi connectivity index (χ3v) is 2.33. The van der Waals surface area contributed by atoms with Crippen molar-refractivity contribution >= 4 is 11.4 Å². The number of nitrogen functional groups attached to an aromatic ring is 1. The number of nitriles is 1. The maximum Gasteiger partial charge on any atom is 0.0992 e. The van der Waals surface area contributed by atoms with Crippen molar-refractivity contribution in [3.63, 3.8) is 0 Å². The molecule has 0 saturated carbocycles. The van der Waals surface area contributed by atoms with E-state index < -0.39 is 0 Å². The van der Waals surface area contributed by atoms with Crippen LogP contribution in [0.1, 0.15) is 11.1 Å². The number of H-pyrrole nitrogens is 1. The van der Waals surface area contributed by atoms with Crippen molar-refractivity contribution < 1.29 is 0 Å². The van der Waals surface area contributed by atoms with Crippen LogP contribution in [0.15, 0.2) is 36.7 Å². The Morgan fingerprint density at radius 2 is 2.25 bits per heavy atom. The van der Waals surface area contributed by atoms with Crippen molar-refractivity contribution in [1.29, 1.82) is 5.26 Å². The second-order valence-electron chi connectivity index (χ2n) is 3.49. The van der Waals surface area contributed by atoms with Crippen LogP contribution in [0.2, 0.25) is 0 Å². The molecule has 0 aliphatic carbocycles. The normalized spacial score (nSPS) is 9.69.